The number of amidine groups is 1. The fraction of sp³-hybridized carbons (Fsp3) is 0.917. The molecule has 0 aromatic rings. The maximum atomic E-state index is 8.85. The summed E-state index contributed by atoms with van der Waals surface area (Å²) in [6.07, 6.45) is 1.61. The van der Waals surface area contributed by atoms with Crippen molar-refractivity contribution in [3.63, 3.8) is 0 Å². The Balaban J connectivity index is 4.29. The first-order chi connectivity index (χ1) is 7.85. The third-order valence-electron chi connectivity index (χ3n) is 3.16. The van der Waals surface area contributed by atoms with Crippen molar-refractivity contribution < 1.29 is 10.3 Å². The average Bonchev–Trinajstić information content (AvgIpc) is 2.27. The minimum atomic E-state index is -0.304. The first-order valence-corrected chi connectivity index (χ1v) is 6.18. The summed E-state index contributed by atoms with van der Waals surface area (Å²) >= 11 is 0. The van der Waals surface area contributed by atoms with Crippen molar-refractivity contribution in [1.29, 1.82) is 0 Å². The van der Waals surface area contributed by atoms with Crippen LogP contribution in [0, 0.1) is 5.41 Å². The Hall–Kier alpha value is -0.810. The summed E-state index contributed by atoms with van der Waals surface area (Å²) in [6.45, 7) is 10.2. The second-order valence-corrected chi connectivity index (χ2v) is 5.33. The monoisotopic (exact) mass is 245 g/mol. The Bertz CT molecular complexity index is 240. The van der Waals surface area contributed by atoms with Gasteiger partial charge in [-0.25, -0.2) is 0 Å². The number of hydrogen-bond acceptors (Lipinski definition) is 4. The molecule has 0 spiro atoms. The molecule has 0 aliphatic rings. The molecule has 0 unspecified atom stereocenters. The number of nitrogens with two attached hydrogens (primary N) is 1. The Morgan fingerprint density at radius 3 is 2.35 bits per heavy atom. The van der Waals surface area contributed by atoms with E-state index in [1.165, 1.54) is 0 Å². The van der Waals surface area contributed by atoms with E-state index in [1.807, 2.05) is 13.8 Å². The van der Waals surface area contributed by atoms with E-state index >= 15 is 0 Å². The number of rotatable bonds is 8. The van der Waals surface area contributed by atoms with Gasteiger partial charge >= 0.3 is 0 Å². The van der Waals surface area contributed by atoms with E-state index in [0.29, 0.717) is 6.04 Å². The highest BCUT2D eigenvalue weighted by atomic mass is 16.4. The van der Waals surface area contributed by atoms with Crippen LogP contribution < -0.4 is 5.73 Å². The molecule has 0 aliphatic heterocycles. The number of aliphatic hydroxyl groups is 1. The third kappa shape index (κ3) is 5.89. The van der Waals surface area contributed by atoms with Crippen LogP contribution in [0.25, 0.3) is 0 Å². The summed E-state index contributed by atoms with van der Waals surface area (Å²) in [7, 11) is 0. The van der Waals surface area contributed by atoms with Crippen LogP contribution in [0.1, 0.15) is 40.5 Å². The molecular weight excluding hydrogens is 218 g/mol. The predicted octanol–water partition coefficient (Wildman–Crippen LogP) is 1.24. The van der Waals surface area contributed by atoms with Crippen molar-refractivity contribution in [1.82, 2.24) is 4.90 Å². The normalized spacial score (nSPS) is 13.7. The van der Waals surface area contributed by atoms with Gasteiger partial charge in [0.15, 0.2) is 0 Å². The summed E-state index contributed by atoms with van der Waals surface area (Å²) in [6, 6.07) is 0.435. The number of oxime groups is 1. The molecule has 0 radical (unpaired) electrons. The minimum absolute atomic E-state index is 0.215. The molecule has 0 aromatic heterocycles. The van der Waals surface area contributed by atoms with Gasteiger partial charge in [-0.2, -0.15) is 0 Å². The summed E-state index contributed by atoms with van der Waals surface area (Å²) in [5.74, 6) is 0.267. The summed E-state index contributed by atoms with van der Waals surface area (Å²) in [5, 5.41) is 20.6. The van der Waals surface area contributed by atoms with Crippen LogP contribution in [0.2, 0.25) is 0 Å². The summed E-state index contributed by atoms with van der Waals surface area (Å²) < 4.78 is 0. The lowest BCUT2D eigenvalue weighted by Gasteiger charge is -2.30. The third-order valence-corrected chi connectivity index (χ3v) is 3.16. The van der Waals surface area contributed by atoms with Crippen molar-refractivity contribution in [3.8, 4) is 0 Å². The molecule has 0 saturated heterocycles. The molecule has 0 rings (SSSR count). The van der Waals surface area contributed by atoms with E-state index in [4.69, 9.17) is 16.0 Å². The second-order valence-electron chi connectivity index (χ2n) is 5.33. The zero-order valence-electron chi connectivity index (χ0n) is 11.5. The molecule has 17 heavy (non-hydrogen) atoms. The summed E-state index contributed by atoms with van der Waals surface area (Å²) in [5.41, 5.74) is 5.35. The molecule has 0 saturated carbocycles. The van der Waals surface area contributed by atoms with Crippen LogP contribution in [0.5, 0.6) is 0 Å². The largest absolute Gasteiger partial charge is 0.409 e. The van der Waals surface area contributed by atoms with Gasteiger partial charge in [0.1, 0.15) is 5.84 Å². The SMILES string of the molecule is CC(C)N(CCCO)CCC(C)(C)C(N)=NO. The quantitative estimate of drug-likeness (QED) is 0.260. The molecule has 4 N–H and O–H groups in total. The van der Waals surface area contributed by atoms with E-state index in [9.17, 15) is 0 Å². The highest BCUT2D eigenvalue weighted by Gasteiger charge is 2.24. The van der Waals surface area contributed by atoms with E-state index < -0.39 is 0 Å². The molecule has 0 aliphatic carbocycles. The lowest BCUT2D eigenvalue weighted by Crippen LogP contribution is -2.39. The van der Waals surface area contributed by atoms with Crippen molar-refractivity contribution >= 4 is 5.84 Å². The number of hydrogen-bond donors (Lipinski definition) is 3. The van der Waals surface area contributed by atoms with Crippen LogP contribution in [0.15, 0.2) is 5.16 Å². The Labute approximate surface area is 104 Å². The summed E-state index contributed by atoms with van der Waals surface area (Å²) in [4.78, 5) is 2.29. The lowest BCUT2D eigenvalue weighted by molar-refractivity contribution is 0.177. The smallest absolute Gasteiger partial charge is 0.144 e. The van der Waals surface area contributed by atoms with Crippen LogP contribution in [-0.2, 0) is 0 Å². The Kier molecular flexibility index (Phi) is 7.15. The molecule has 0 amide bonds. The molecule has 0 bridgehead atoms. The van der Waals surface area contributed by atoms with E-state index in [-0.39, 0.29) is 17.9 Å². The molecule has 0 aromatic carbocycles. The second kappa shape index (κ2) is 7.50. The molecule has 0 heterocycles. The highest BCUT2D eigenvalue weighted by molar-refractivity contribution is 5.85. The van der Waals surface area contributed by atoms with Gasteiger partial charge in [0.05, 0.1) is 0 Å². The van der Waals surface area contributed by atoms with Crippen molar-refractivity contribution in [2.75, 3.05) is 19.7 Å². The molecular formula is C12H27N3O2. The first kappa shape index (κ1) is 16.2. The highest BCUT2D eigenvalue weighted by Crippen LogP contribution is 2.21. The fourth-order valence-corrected chi connectivity index (χ4v) is 1.59. The molecule has 5 heteroatoms. The van der Waals surface area contributed by atoms with Crippen LogP contribution in [-0.4, -0.2) is 46.8 Å². The van der Waals surface area contributed by atoms with Gasteiger partial charge in [-0.15, -0.1) is 0 Å². The zero-order chi connectivity index (χ0) is 13.5. The molecule has 0 atom stereocenters. The van der Waals surface area contributed by atoms with Gasteiger partial charge in [0.2, 0.25) is 0 Å². The topological polar surface area (TPSA) is 82.1 Å². The van der Waals surface area contributed by atoms with Gasteiger partial charge in [0, 0.05) is 24.6 Å². The predicted molar refractivity (Wildman–Crippen MR) is 70.2 cm³/mol. The van der Waals surface area contributed by atoms with Gasteiger partial charge in [0.25, 0.3) is 0 Å². The van der Waals surface area contributed by atoms with E-state index in [2.05, 4.69) is 23.9 Å². The number of aliphatic hydroxyl groups excluding tert-OH is 1. The van der Waals surface area contributed by atoms with Gasteiger partial charge < -0.3 is 20.9 Å². The standard InChI is InChI=1S/C12H27N3O2/c1-10(2)15(7-5-9-16)8-6-12(3,4)11(13)14-17/h10,16-17H,5-9H2,1-4H3,(H2,13,14). The molecule has 0 fully saturated rings. The number of nitrogens with zero attached hydrogens (tertiary/aromatic N) is 2. The Morgan fingerprint density at radius 1 is 1.35 bits per heavy atom. The van der Waals surface area contributed by atoms with Gasteiger partial charge in [-0.1, -0.05) is 19.0 Å². The average molecular weight is 245 g/mol. The van der Waals surface area contributed by atoms with Crippen LogP contribution in [0.3, 0.4) is 0 Å². The fourth-order valence-electron chi connectivity index (χ4n) is 1.59. The zero-order valence-corrected chi connectivity index (χ0v) is 11.5. The van der Waals surface area contributed by atoms with Crippen molar-refractivity contribution in [3.05, 3.63) is 0 Å². The van der Waals surface area contributed by atoms with E-state index in [1.54, 1.807) is 0 Å². The van der Waals surface area contributed by atoms with Crippen molar-refractivity contribution in [2.45, 2.75) is 46.6 Å². The lowest BCUT2D eigenvalue weighted by atomic mass is 9.87. The van der Waals surface area contributed by atoms with E-state index in [0.717, 1.165) is 25.9 Å². The maximum Gasteiger partial charge on any atom is 0.144 e. The molecule has 5 nitrogen and oxygen atoms in total. The van der Waals surface area contributed by atoms with Crippen LogP contribution >= 0.6 is 0 Å². The first-order valence-electron chi connectivity index (χ1n) is 6.18. The molecule has 102 valence electrons. The van der Waals surface area contributed by atoms with Gasteiger partial charge in [-0.3, -0.25) is 0 Å². The van der Waals surface area contributed by atoms with Gasteiger partial charge in [-0.05, 0) is 33.2 Å². The Morgan fingerprint density at radius 2 is 1.94 bits per heavy atom. The van der Waals surface area contributed by atoms with Crippen molar-refractivity contribution in [2.24, 2.45) is 16.3 Å². The maximum absolute atomic E-state index is 8.85. The minimum Gasteiger partial charge on any atom is -0.409 e. The van der Waals surface area contributed by atoms with Crippen LogP contribution in [0.4, 0.5) is 0 Å².